The second-order valence-electron chi connectivity index (χ2n) is 6.30. The molecule has 0 saturated carbocycles. The number of thioether (sulfide) groups is 1. The maximum Gasteiger partial charge on any atom is 0.349 e. The zero-order valence-corrected chi connectivity index (χ0v) is 15.5. The zero-order valence-electron chi connectivity index (χ0n) is 14.7. The molecular weight excluding hydrogens is 368 g/mol. The van der Waals surface area contributed by atoms with Crippen molar-refractivity contribution in [3.63, 3.8) is 0 Å². The zero-order chi connectivity index (χ0) is 18.8. The van der Waals surface area contributed by atoms with Gasteiger partial charge >= 0.3 is 5.69 Å². The van der Waals surface area contributed by atoms with Crippen molar-refractivity contribution in [2.24, 2.45) is 0 Å². The van der Waals surface area contributed by atoms with Crippen molar-refractivity contribution in [1.82, 2.24) is 14.7 Å². The average molecular weight is 386 g/mol. The van der Waals surface area contributed by atoms with E-state index in [1.165, 1.54) is 11.8 Å². The first-order valence-corrected chi connectivity index (χ1v) is 9.59. The molecule has 0 radical (unpaired) electrons. The second kappa shape index (κ2) is 7.43. The van der Waals surface area contributed by atoms with Gasteiger partial charge in [0.25, 0.3) is 0 Å². The highest BCUT2D eigenvalue weighted by atomic mass is 32.2. The monoisotopic (exact) mass is 386 g/mol. The number of anilines is 1. The first-order valence-electron chi connectivity index (χ1n) is 8.61. The molecule has 1 aliphatic carbocycles. The van der Waals surface area contributed by atoms with Crippen molar-refractivity contribution in [2.75, 3.05) is 11.1 Å². The lowest BCUT2D eigenvalue weighted by atomic mass is 10.2. The van der Waals surface area contributed by atoms with Crippen LogP contribution in [-0.4, -0.2) is 26.4 Å². The quantitative estimate of drug-likeness (QED) is 0.512. The average Bonchev–Trinajstić information content (AvgIpc) is 3.38. The van der Waals surface area contributed by atoms with Crippen LogP contribution in [0.3, 0.4) is 0 Å². The van der Waals surface area contributed by atoms with Crippen molar-refractivity contribution in [3.05, 3.63) is 57.7 Å². The van der Waals surface area contributed by atoms with Gasteiger partial charge in [-0.3, -0.25) is 9.36 Å². The van der Waals surface area contributed by atoms with Gasteiger partial charge in [0.05, 0.1) is 18.6 Å². The van der Waals surface area contributed by atoms with E-state index in [1.54, 1.807) is 29.9 Å². The Morgan fingerprint density at radius 2 is 2.30 bits per heavy atom. The molecule has 1 amide bonds. The number of furan rings is 1. The minimum Gasteiger partial charge on any atom is -0.467 e. The van der Waals surface area contributed by atoms with E-state index in [2.05, 4.69) is 15.5 Å². The highest BCUT2D eigenvalue weighted by molar-refractivity contribution is 8.00. The molecule has 0 atom stereocenters. The summed E-state index contributed by atoms with van der Waals surface area (Å²) in [4.78, 5) is 28.9. The second-order valence-corrected chi connectivity index (χ2v) is 7.27. The number of hydrogen-bond donors (Lipinski definition) is 1. The predicted octanol–water partition coefficient (Wildman–Crippen LogP) is 2.40. The molecule has 0 aliphatic heterocycles. The lowest BCUT2D eigenvalue weighted by Crippen LogP contribution is -2.28. The smallest absolute Gasteiger partial charge is 0.349 e. The molecule has 9 heteroatoms. The van der Waals surface area contributed by atoms with E-state index < -0.39 is 0 Å². The standard InChI is InChI=1S/C18H18N4O4S/c1-11-8-15(21-26-11)19-16(23)10-27-17-13-5-2-6-14(13)22(18(24)20-17)9-12-4-3-7-25-12/h3-4,7-8H,2,5-6,9-10H2,1H3,(H,19,21,23). The van der Waals surface area contributed by atoms with Crippen LogP contribution in [0.2, 0.25) is 0 Å². The molecule has 4 rings (SSSR count). The number of fused-ring (bicyclic) bond motifs is 1. The molecule has 0 bridgehead atoms. The number of amides is 1. The topological polar surface area (TPSA) is 103 Å². The summed E-state index contributed by atoms with van der Waals surface area (Å²) in [6.45, 7) is 2.13. The van der Waals surface area contributed by atoms with Gasteiger partial charge in [0.1, 0.15) is 16.5 Å². The van der Waals surface area contributed by atoms with Gasteiger partial charge in [0.2, 0.25) is 5.91 Å². The van der Waals surface area contributed by atoms with Gasteiger partial charge in [-0.2, -0.15) is 4.98 Å². The van der Waals surface area contributed by atoms with Crippen LogP contribution in [0.5, 0.6) is 0 Å². The van der Waals surface area contributed by atoms with Crippen molar-refractivity contribution in [1.29, 1.82) is 0 Å². The molecule has 1 aliphatic rings. The molecule has 27 heavy (non-hydrogen) atoms. The molecular formula is C18H18N4O4S. The lowest BCUT2D eigenvalue weighted by molar-refractivity contribution is -0.113. The van der Waals surface area contributed by atoms with Crippen molar-refractivity contribution >= 4 is 23.5 Å². The summed E-state index contributed by atoms with van der Waals surface area (Å²) in [6, 6.07) is 5.29. The molecule has 0 fully saturated rings. The molecule has 0 unspecified atom stereocenters. The van der Waals surface area contributed by atoms with E-state index in [0.717, 1.165) is 36.3 Å². The minimum atomic E-state index is -0.318. The SMILES string of the molecule is Cc1cc(NC(=O)CSc2nc(=O)n(Cc3ccco3)c3c2CCC3)no1. The van der Waals surface area contributed by atoms with E-state index in [9.17, 15) is 9.59 Å². The first kappa shape index (κ1) is 17.6. The fourth-order valence-corrected chi connectivity index (χ4v) is 4.04. The van der Waals surface area contributed by atoms with E-state index >= 15 is 0 Å². The van der Waals surface area contributed by atoms with E-state index in [1.807, 2.05) is 6.07 Å². The van der Waals surface area contributed by atoms with Crippen LogP contribution < -0.4 is 11.0 Å². The maximum atomic E-state index is 12.5. The van der Waals surface area contributed by atoms with E-state index in [0.29, 0.717) is 23.1 Å². The van der Waals surface area contributed by atoms with Crippen LogP contribution in [0.4, 0.5) is 5.82 Å². The number of rotatable bonds is 6. The summed E-state index contributed by atoms with van der Waals surface area (Å²) in [5.74, 6) is 1.65. The third kappa shape index (κ3) is 3.82. The van der Waals surface area contributed by atoms with Crippen LogP contribution in [0, 0.1) is 6.92 Å². The number of nitrogens with zero attached hydrogens (tertiary/aromatic N) is 3. The molecule has 3 aromatic heterocycles. The molecule has 140 valence electrons. The van der Waals surface area contributed by atoms with Gasteiger partial charge in [-0.1, -0.05) is 16.9 Å². The third-order valence-electron chi connectivity index (χ3n) is 4.33. The largest absolute Gasteiger partial charge is 0.467 e. The molecule has 3 aromatic rings. The molecule has 0 aromatic carbocycles. The van der Waals surface area contributed by atoms with Crippen molar-refractivity contribution in [2.45, 2.75) is 37.8 Å². The molecule has 0 spiro atoms. The van der Waals surface area contributed by atoms with Crippen molar-refractivity contribution in [3.8, 4) is 0 Å². The maximum absolute atomic E-state index is 12.5. The van der Waals surface area contributed by atoms with Gasteiger partial charge < -0.3 is 14.3 Å². The molecule has 1 N–H and O–H groups in total. The van der Waals surface area contributed by atoms with Gasteiger partial charge in [0, 0.05) is 17.3 Å². The summed E-state index contributed by atoms with van der Waals surface area (Å²) in [5.41, 5.74) is 1.72. The Morgan fingerprint density at radius 1 is 1.41 bits per heavy atom. The molecule has 8 nitrogen and oxygen atoms in total. The predicted molar refractivity (Wildman–Crippen MR) is 98.9 cm³/mol. The normalized spacial score (nSPS) is 12.9. The van der Waals surface area contributed by atoms with Gasteiger partial charge in [-0.15, -0.1) is 0 Å². The Bertz CT molecular complexity index is 1020. The lowest BCUT2D eigenvalue weighted by Gasteiger charge is -2.13. The fourth-order valence-electron chi connectivity index (χ4n) is 3.17. The number of aromatic nitrogens is 3. The fraction of sp³-hybridized carbons (Fsp3) is 0.333. The summed E-state index contributed by atoms with van der Waals surface area (Å²) in [6.07, 6.45) is 4.24. The van der Waals surface area contributed by atoms with Crippen LogP contribution in [0.25, 0.3) is 0 Å². The van der Waals surface area contributed by atoms with E-state index in [-0.39, 0.29) is 17.3 Å². The van der Waals surface area contributed by atoms with Crippen LogP contribution >= 0.6 is 11.8 Å². The highest BCUT2D eigenvalue weighted by Crippen LogP contribution is 2.29. The number of nitrogens with one attached hydrogen (secondary N) is 1. The number of hydrogen-bond acceptors (Lipinski definition) is 7. The summed E-state index contributed by atoms with van der Waals surface area (Å²) in [7, 11) is 0. The minimum absolute atomic E-state index is 0.146. The first-order chi connectivity index (χ1) is 13.1. The molecule has 3 heterocycles. The van der Waals surface area contributed by atoms with Gasteiger partial charge in [-0.25, -0.2) is 4.79 Å². The number of aryl methyl sites for hydroxylation is 1. The Kier molecular flexibility index (Phi) is 4.85. The van der Waals surface area contributed by atoms with Crippen LogP contribution in [0.15, 0.2) is 43.2 Å². The number of carbonyl (C=O) groups excluding carboxylic acids is 1. The van der Waals surface area contributed by atoms with Crippen LogP contribution in [-0.2, 0) is 24.2 Å². The summed E-state index contributed by atoms with van der Waals surface area (Å²) in [5, 5.41) is 7.04. The van der Waals surface area contributed by atoms with Crippen molar-refractivity contribution < 1.29 is 13.7 Å². The Labute approximate surface area is 158 Å². The molecule has 0 saturated heterocycles. The Morgan fingerprint density at radius 3 is 3.04 bits per heavy atom. The van der Waals surface area contributed by atoms with E-state index in [4.69, 9.17) is 8.94 Å². The Hall–Kier alpha value is -2.81. The number of carbonyl (C=O) groups is 1. The van der Waals surface area contributed by atoms with Crippen LogP contribution in [0.1, 0.15) is 29.2 Å². The summed E-state index contributed by atoms with van der Waals surface area (Å²) >= 11 is 1.27. The highest BCUT2D eigenvalue weighted by Gasteiger charge is 2.23. The van der Waals surface area contributed by atoms with Gasteiger partial charge in [-0.05, 0) is 38.3 Å². The van der Waals surface area contributed by atoms with Gasteiger partial charge in [0.15, 0.2) is 5.82 Å². The summed E-state index contributed by atoms with van der Waals surface area (Å²) < 4.78 is 12.0. The Balaban J connectivity index is 1.50. The third-order valence-corrected chi connectivity index (χ3v) is 5.35.